The molecule has 0 radical (unpaired) electrons. The molecule has 1 rings (SSSR count). The first kappa shape index (κ1) is 15.2. The van der Waals surface area contributed by atoms with Crippen LogP contribution >= 0.6 is 0 Å². The van der Waals surface area contributed by atoms with Gasteiger partial charge in [-0.1, -0.05) is 33.6 Å². The first-order valence-corrected chi connectivity index (χ1v) is 7.24. The molecule has 0 aromatic rings. The molecule has 0 N–H and O–H groups in total. The summed E-state index contributed by atoms with van der Waals surface area (Å²) in [6, 6.07) is 0. The topological polar surface area (TPSA) is 43.4 Å². The van der Waals surface area contributed by atoms with Crippen LogP contribution in [-0.2, 0) is 14.3 Å². The maximum atomic E-state index is 12.2. The van der Waals surface area contributed by atoms with Gasteiger partial charge < -0.3 is 4.74 Å². The van der Waals surface area contributed by atoms with Crippen molar-refractivity contribution in [3.05, 3.63) is 0 Å². The minimum absolute atomic E-state index is 0.169. The Morgan fingerprint density at radius 1 is 1.33 bits per heavy atom. The molecule has 0 bridgehead atoms. The zero-order valence-corrected chi connectivity index (χ0v) is 11.9. The molecule has 1 saturated carbocycles. The van der Waals surface area contributed by atoms with E-state index in [0.29, 0.717) is 12.5 Å². The second-order valence-corrected chi connectivity index (χ2v) is 5.70. The standard InChI is InChI=1S/C15H26O3/c1-4-8-18-14(16)10-12(3)15(17)13-7-5-6-11(2)9-13/h11-13H,4-10H2,1-3H3. The summed E-state index contributed by atoms with van der Waals surface area (Å²) in [5.41, 5.74) is 0. The predicted molar refractivity (Wildman–Crippen MR) is 71.2 cm³/mol. The van der Waals surface area contributed by atoms with Crippen molar-refractivity contribution in [3.63, 3.8) is 0 Å². The smallest absolute Gasteiger partial charge is 0.306 e. The van der Waals surface area contributed by atoms with E-state index in [-0.39, 0.29) is 30.0 Å². The van der Waals surface area contributed by atoms with E-state index in [1.807, 2.05) is 13.8 Å². The molecule has 1 aliphatic carbocycles. The largest absolute Gasteiger partial charge is 0.466 e. The highest BCUT2D eigenvalue weighted by molar-refractivity contribution is 5.86. The molecule has 3 atom stereocenters. The molecular formula is C15H26O3. The normalized spacial score (nSPS) is 25.5. The summed E-state index contributed by atoms with van der Waals surface area (Å²) in [6.45, 7) is 6.49. The van der Waals surface area contributed by atoms with E-state index in [0.717, 1.165) is 25.7 Å². The van der Waals surface area contributed by atoms with Crippen molar-refractivity contribution < 1.29 is 14.3 Å². The molecule has 18 heavy (non-hydrogen) atoms. The molecule has 0 aliphatic heterocycles. The van der Waals surface area contributed by atoms with E-state index in [9.17, 15) is 9.59 Å². The highest BCUT2D eigenvalue weighted by Crippen LogP contribution is 2.31. The number of ether oxygens (including phenoxy) is 1. The van der Waals surface area contributed by atoms with Crippen molar-refractivity contribution in [2.24, 2.45) is 17.8 Å². The maximum absolute atomic E-state index is 12.2. The van der Waals surface area contributed by atoms with Gasteiger partial charge in [0.1, 0.15) is 5.78 Å². The van der Waals surface area contributed by atoms with Gasteiger partial charge in [-0.25, -0.2) is 0 Å². The van der Waals surface area contributed by atoms with Crippen molar-refractivity contribution in [2.75, 3.05) is 6.61 Å². The summed E-state index contributed by atoms with van der Waals surface area (Å²) in [5.74, 6) is 0.649. The molecule has 0 amide bonds. The van der Waals surface area contributed by atoms with E-state index >= 15 is 0 Å². The van der Waals surface area contributed by atoms with Crippen LogP contribution in [0.15, 0.2) is 0 Å². The fraction of sp³-hybridized carbons (Fsp3) is 0.867. The summed E-state index contributed by atoms with van der Waals surface area (Å²) >= 11 is 0. The fourth-order valence-corrected chi connectivity index (χ4v) is 2.72. The molecule has 3 heteroatoms. The van der Waals surface area contributed by atoms with E-state index in [2.05, 4.69) is 6.92 Å². The average molecular weight is 254 g/mol. The van der Waals surface area contributed by atoms with Gasteiger partial charge in [0.15, 0.2) is 0 Å². The van der Waals surface area contributed by atoms with Crippen LogP contribution in [0.25, 0.3) is 0 Å². The highest BCUT2D eigenvalue weighted by Gasteiger charge is 2.29. The molecule has 0 heterocycles. The number of esters is 1. The van der Waals surface area contributed by atoms with Gasteiger partial charge in [-0.2, -0.15) is 0 Å². The van der Waals surface area contributed by atoms with Gasteiger partial charge in [-0.15, -0.1) is 0 Å². The second-order valence-electron chi connectivity index (χ2n) is 5.70. The van der Waals surface area contributed by atoms with Gasteiger partial charge >= 0.3 is 5.97 Å². The van der Waals surface area contributed by atoms with E-state index in [1.54, 1.807) is 0 Å². The van der Waals surface area contributed by atoms with E-state index in [4.69, 9.17) is 4.74 Å². The van der Waals surface area contributed by atoms with Crippen LogP contribution in [-0.4, -0.2) is 18.4 Å². The summed E-state index contributed by atoms with van der Waals surface area (Å²) in [4.78, 5) is 23.7. The third-order valence-corrected chi connectivity index (χ3v) is 3.76. The molecule has 0 aromatic carbocycles. The Morgan fingerprint density at radius 3 is 2.67 bits per heavy atom. The molecular weight excluding hydrogens is 228 g/mol. The monoisotopic (exact) mass is 254 g/mol. The SMILES string of the molecule is CCCOC(=O)CC(C)C(=O)C1CCCC(C)C1. The van der Waals surface area contributed by atoms with Crippen molar-refractivity contribution in [2.45, 2.75) is 59.3 Å². The molecule has 1 aliphatic rings. The van der Waals surface area contributed by atoms with Gasteiger partial charge in [0.05, 0.1) is 13.0 Å². The van der Waals surface area contributed by atoms with Gasteiger partial charge in [-0.05, 0) is 25.2 Å². The Balaban J connectivity index is 2.38. The predicted octanol–water partition coefficient (Wildman–Crippen LogP) is 3.36. The quantitative estimate of drug-likeness (QED) is 0.683. The molecule has 1 fully saturated rings. The third kappa shape index (κ3) is 4.79. The molecule has 104 valence electrons. The van der Waals surface area contributed by atoms with Gasteiger partial charge in [0, 0.05) is 11.8 Å². The van der Waals surface area contributed by atoms with E-state index < -0.39 is 0 Å². The van der Waals surface area contributed by atoms with Gasteiger partial charge in [-0.3, -0.25) is 9.59 Å². The summed E-state index contributed by atoms with van der Waals surface area (Å²) in [5, 5.41) is 0. The lowest BCUT2D eigenvalue weighted by molar-refractivity contribution is -0.147. The summed E-state index contributed by atoms with van der Waals surface area (Å²) < 4.78 is 5.03. The lowest BCUT2D eigenvalue weighted by Gasteiger charge is -2.27. The van der Waals surface area contributed by atoms with Crippen LogP contribution in [0.5, 0.6) is 0 Å². The highest BCUT2D eigenvalue weighted by atomic mass is 16.5. The van der Waals surface area contributed by atoms with Crippen molar-refractivity contribution in [1.29, 1.82) is 0 Å². The van der Waals surface area contributed by atoms with Crippen molar-refractivity contribution in [1.82, 2.24) is 0 Å². The molecule has 3 nitrogen and oxygen atoms in total. The van der Waals surface area contributed by atoms with Crippen LogP contribution in [0.1, 0.15) is 59.3 Å². The Morgan fingerprint density at radius 2 is 2.06 bits per heavy atom. The minimum atomic E-state index is -0.235. The Kier molecular flexibility index (Phi) is 6.37. The molecule has 0 aromatic heterocycles. The number of hydrogen-bond donors (Lipinski definition) is 0. The average Bonchev–Trinajstić information content (AvgIpc) is 2.35. The van der Waals surface area contributed by atoms with Crippen molar-refractivity contribution >= 4 is 11.8 Å². The second kappa shape index (κ2) is 7.55. The first-order chi connectivity index (χ1) is 8.54. The Bertz CT molecular complexity index is 285. The van der Waals surface area contributed by atoms with E-state index in [1.165, 1.54) is 6.42 Å². The van der Waals surface area contributed by atoms with Crippen LogP contribution in [0, 0.1) is 17.8 Å². The molecule has 3 unspecified atom stereocenters. The van der Waals surface area contributed by atoms with Crippen LogP contribution in [0.3, 0.4) is 0 Å². The van der Waals surface area contributed by atoms with Crippen LogP contribution in [0.2, 0.25) is 0 Å². The lowest BCUT2D eigenvalue weighted by Crippen LogP contribution is -2.28. The van der Waals surface area contributed by atoms with Crippen molar-refractivity contribution in [3.8, 4) is 0 Å². The summed E-state index contributed by atoms with van der Waals surface area (Å²) in [6.07, 6.45) is 5.43. The maximum Gasteiger partial charge on any atom is 0.306 e. The van der Waals surface area contributed by atoms with Crippen LogP contribution < -0.4 is 0 Å². The van der Waals surface area contributed by atoms with Crippen LogP contribution in [0.4, 0.5) is 0 Å². The minimum Gasteiger partial charge on any atom is -0.466 e. The number of carbonyl (C=O) groups excluding carboxylic acids is 2. The molecule has 0 spiro atoms. The lowest BCUT2D eigenvalue weighted by atomic mass is 9.77. The fourth-order valence-electron chi connectivity index (χ4n) is 2.72. The van der Waals surface area contributed by atoms with Gasteiger partial charge in [0.2, 0.25) is 0 Å². The number of ketones is 1. The number of hydrogen-bond acceptors (Lipinski definition) is 3. The zero-order chi connectivity index (χ0) is 13.5. The number of rotatable bonds is 6. The first-order valence-electron chi connectivity index (χ1n) is 7.24. The summed E-state index contributed by atoms with van der Waals surface area (Å²) in [7, 11) is 0. The third-order valence-electron chi connectivity index (χ3n) is 3.76. The molecule has 0 saturated heterocycles. The van der Waals surface area contributed by atoms with Gasteiger partial charge in [0.25, 0.3) is 0 Å². The number of carbonyl (C=O) groups is 2. The number of Topliss-reactive ketones (excluding diaryl/α,β-unsaturated/α-hetero) is 1. The Hall–Kier alpha value is -0.860. The Labute approximate surface area is 110 Å². The zero-order valence-electron chi connectivity index (χ0n) is 11.9.